The summed E-state index contributed by atoms with van der Waals surface area (Å²) < 4.78 is 5.85. The predicted molar refractivity (Wildman–Crippen MR) is 79.4 cm³/mol. The van der Waals surface area contributed by atoms with E-state index in [0.29, 0.717) is 16.4 Å². The number of pyridine rings is 1. The number of hydrogen-bond donors (Lipinski definition) is 2. The summed E-state index contributed by atoms with van der Waals surface area (Å²) in [5.41, 5.74) is 5.30. The molecule has 3 aromatic rings. The van der Waals surface area contributed by atoms with Crippen molar-refractivity contribution >= 4 is 22.6 Å². The van der Waals surface area contributed by atoms with E-state index in [1.165, 1.54) is 0 Å². The minimum Gasteiger partial charge on any atom is -0.457 e. The minimum absolute atomic E-state index is 0.306. The Bertz CT molecular complexity index is 754. The van der Waals surface area contributed by atoms with Gasteiger partial charge in [-0.3, -0.25) is 10.8 Å². The van der Waals surface area contributed by atoms with Gasteiger partial charge < -0.3 is 4.42 Å². The van der Waals surface area contributed by atoms with E-state index in [-0.39, 0.29) is 6.04 Å². The molecule has 0 aliphatic carbocycles. The van der Waals surface area contributed by atoms with Gasteiger partial charge in [-0.05, 0) is 30.7 Å². The van der Waals surface area contributed by atoms with Crippen LogP contribution in [0.3, 0.4) is 0 Å². The van der Waals surface area contributed by atoms with Crippen molar-refractivity contribution in [2.75, 3.05) is 0 Å². The Kier molecular flexibility index (Phi) is 3.44. The number of fused-ring (bicyclic) bond motifs is 1. The predicted octanol–water partition coefficient (Wildman–Crippen LogP) is 3.34. The van der Waals surface area contributed by atoms with Gasteiger partial charge in [0.25, 0.3) is 0 Å². The molecule has 1 unspecified atom stereocenters. The van der Waals surface area contributed by atoms with Gasteiger partial charge in [0.2, 0.25) is 0 Å². The Balaban J connectivity index is 2.12. The maximum atomic E-state index is 6.13. The normalized spacial score (nSPS) is 12.8. The number of rotatable bonds is 3. The van der Waals surface area contributed by atoms with E-state index < -0.39 is 0 Å². The number of nitrogens with one attached hydrogen (secondary N) is 1. The molecule has 5 heteroatoms. The lowest BCUT2D eigenvalue weighted by Gasteiger charge is -2.14. The molecular weight excluding hydrogens is 274 g/mol. The van der Waals surface area contributed by atoms with Crippen molar-refractivity contribution in [3.05, 3.63) is 64.6 Å². The van der Waals surface area contributed by atoms with E-state index >= 15 is 0 Å². The fourth-order valence-electron chi connectivity index (χ4n) is 2.29. The van der Waals surface area contributed by atoms with Crippen LogP contribution in [0.15, 0.2) is 47.0 Å². The van der Waals surface area contributed by atoms with Crippen LogP contribution in [0.2, 0.25) is 5.02 Å². The van der Waals surface area contributed by atoms with Crippen molar-refractivity contribution in [1.82, 2.24) is 10.4 Å². The number of halogens is 1. The molecule has 0 radical (unpaired) electrons. The van der Waals surface area contributed by atoms with Crippen LogP contribution in [0.5, 0.6) is 0 Å². The lowest BCUT2D eigenvalue weighted by atomic mass is 10.1. The number of aromatic nitrogens is 1. The highest BCUT2D eigenvalue weighted by molar-refractivity contribution is 6.34. The average Bonchev–Trinajstić information content (AvgIpc) is 2.87. The highest BCUT2D eigenvalue weighted by atomic mass is 35.5. The fraction of sp³-hybridized carbons (Fsp3) is 0.133. The van der Waals surface area contributed by atoms with E-state index in [4.69, 9.17) is 21.9 Å². The van der Waals surface area contributed by atoms with Gasteiger partial charge in [-0.1, -0.05) is 29.8 Å². The smallest absolute Gasteiger partial charge is 0.152 e. The Morgan fingerprint density at radius 2 is 2.15 bits per heavy atom. The van der Waals surface area contributed by atoms with Crippen LogP contribution in [0, 0.1) is 6.92 Å². The largest absolute Gasteiger partial charge is 0.457 e. The molecule has 2 heterocycles. The number of benzene rings is 1. The number of hydrogen-bond acceptors (Lipinski definition) is 4. The van der Waals surface area contributed by atoms with Gasteiger partial charge in [0, 0.05) is 11.6 Å². The second-order valence-electron chi connectivity index (χ2n) is 4.61. The van der Waals surface area contributed by atoms with Gasteiger partial charge in [0.1, 0.15) is 11.8 Å². The van der Waals surface area contributed by atoms with Crippen LogP contribution in [0.1, 0.15) is 23.1 Å². The summed E-state index contributed by atoms with van der Waals surface area (Å²) in [6.45, 7) is 1.99. The molecule has 3 N–H and O–H groups in total. The van der Waals surface area contributed by atoms with Crippen LogP contribution in [0.4, 0.5) is 0 Å². The first kappa shape index (κ1) is 13.1. The Hall–Kier alpha value is -1.88. The molecular formula is C15H14ClN3O. The maximum absolute atomic E-state index is 6.13. The molecule has 0 bridgehead atoms. The third kappa shape index (κ3) is 2.18. The van der Waals surface area contributed by atoms with E-state index in [1.807, 2.05) is 37.3 Å². The summed E-state index contributed by atoms with van der Waals surface area (Å²) >= 11 is 6.13. The first-order valence-corrected chi connectivity index (χ1v) is 6.64. The highest BCUT2D eigenvalue weighted by Crippen LogP contribution is 2.31. The molecule has 0 aliphatic rings. The van der Waals surface area contributed by atoms with Gasteiger partial charge >= 0.3 is 0 Å². The maximum Gasteiger partial charge on any atom is 0.152 e. The zero-order valence-electron chi connectivity index (χ0n) is 10.9. The molecule has 1 atom stereocenters. The van der Waals surface area contributed by atoms with Crippen LogP contribution in [-0.2, 0) is 0 Å². The van der Waals surface area contributed by atoms with Crippen molar-refractivity contribution in [3.8, 4) is 0 Å². The average molecular weight is 288 g/mol. The molecule has 102 valence electrons. The van der Waals surface area contributed by atoms with Gasteiger partial charge in [-0.25, -0.2) is 5.43 Å². The van der Waals surface area contributed by atoms with Crippen LogP contribution < -0.4 is 11.3 Å². The molecule has 0 spiro atoms. The molecule has 0 saturated carbocycles. The minimum atomic E-state index is -0.306. The van der Waals surface area contributed by atoms with E-state index in [1.54, 1.807) is 12.3 Å². The van der Waals surface area contributed by atoms with Gasteiger partial charge in [-0.15, -0.1) is 0 Å². The molecule has 2 aromatic heterocycles. The topological polar surface area (TPSA) is 64.1 Å². The van der Waals surface area contributed by atoms with E-state index in [9.17, 15) is 0 Å². The number of nitrogens with zero attached hydrogens (tertiary/aromatic N) is 1. The molecule has 0 saturated heterocycles. The number of para-hydroxylation sites is 1. The van der Waals surface area contributed by atoms with Crippen LogP contribution in [-0.4, -0.2) is 4.98 Å². The molecule has 0 fully saturated rings. The first-order valence-electron chi connectivity index (χ1n) is 6.26. The zero-order valence-corrected chi connectivity index (χ0v) is 11.7. The van der Waals surface area contributed by atoms with E-state index in [0.717, 1.165) is 16.6 Å². The van der Waals surface area contributed by atoms with Gasteiger partial charge in [0.15, 0.2) is 5.58 Å². The molecule has 0 aliphatic heterocycles. The Morgan fingerprint density at radius 1 is 1.30 bits per heavy atom. The van der Waals surface area contributed by atoms with Crippen molar-refractivity contribution in [2.45, 2.75) is 13.0 Å². The molecule has 0 amide bonds. The van der Waals surface area contributed by atoms with Crippen molar-refractivity contribution < 1.29 is 4.42 Å². The van der Waals surface area contributed by atoms with Crippen molar-refractivity contribution in [1.29, 1.82) is 0 Å². The zero-order chi connectivity index (χ0) is 14.1. The Morgan fingerprint density at radius 3 is 2.85 bits per heavy atom. The second kappa shape index (κ2) is 5.25. The number of aryl methyl sites for hydroxylation is 1. The fourth-order valence-corrected chi connectivity index (χ4v) is 2.51. The quantitative estimate of drug-likeness (QED) is 0.573. The molecule has 4 nitrogen and oxygen atoms in total. The summed E-state index contributed by atoms with van der Waals surface area (Å²) in [6, 6.07) is 11.1. The van der Waals surface area contributed by atoms with Gasteiger partial charge in [-0.2, -0.15) is 0 Å². The summed E-state index contributed by atoms with van der Waals surface area (Å²) in [7, 11) is 0. The highest BCUT2D eigenvalue weighted by Gasteiger charge is 2.20. The third-order valence-electron chi connectivity index (χ3n) is 3.29. The van der Waals surface area contributed by atoms with E-state index in [2.05, 4.69) is 10.4 Å². The molecule has 1 aromatic carbocycles. The SMILES string of the molecule is Cc1cccnc1C(NN)c1cc2cccc(Cl)c2o1. The number of hydrazine groups is 1. The summed E-state index contributed by atoms with van der Waals surface area (Å²) in [5, 5.41) is 1.53. The molecule has 3 rings (SSSR count). The molecule has 20 heavy (non-hydrogen) atoms. The van der Waals surface area contributed by atoms with Crippen LogP contribution in [0.25, 0.3) is 11.0 Å². The monoisotopic (exact) mass is 287 g/mol. The van der Waals surface area contributed by atoms with Crippen molar-refractivity contribution in [3.63, 3.8) is 0 Å². The summed E-state index contributed by atoms with van der Waals surface area (Å²) in [4.78, 5) is 4.38. The lowest BCUT2D eigenvalue weighted by Crippen LogP contribution is -2.29. The third-order valence-corrected chi connectivity index (χ3v) is 3.59. The van der Waals surface area contributed by atoms with Crippen LogP contribution >= 0.6 is 11.6 Å². The number of nitrogens with two attached hydrogens (primary N) is 1. The summed E-state index contributed by atoms with van der Waals surface area (Å²) in [5.74, 6) is 6.37. The standard InChI is InChI=1S/C15H14ClN3O/c1-9-4-3-7-18-13(9)14(19-17)12-8-10-5-2-6-11(16)15(10)20-12/h2-8,14,19H,17H2,1H3. The first-order chi connectivity index (χ1) is 9.70. The van der Waals surface area contributed by atoms with Gasteiger partial charge in [0.05, 0.1) is 10.7 Å². The summed E-state index contributed by atoms with van der Waals surface area (Å²) in [6.07, 6.45) is 1.74. The Labute approximate surface area is 121 Å². The number of furan rings is 1. The second-order valence-corrected chi connectivity index (χ2v) is 5.02. The van der Waals surface area contributed by atoms with Crippen molar-refractivity contribution in [2.24, 2.45) is 5.84 Å². The lowest BCUT2D eigenvalue weighted by molar-refractivity contribution is 0.470.